The lowest BCUT2D eigenvalue weighted by atomic mass is 9.95. The number of alkyl halides is 3. The zero-order chi connectivity index (χ0) is 26.2. The highest BCUT2D eigenvalue weighted by molar-refractivity contribution is 7.90. The van der Waals surface area contributed by atoms with Gasteiger partial charge in [0.2, 0.25) is 5.91 Å². The van der Waals surface area contributed by atoms with Crippen LogP contribution in [-0.4, -0.2) is 42.7 Å². The first-order chi connectivity index (χ1) is 16.2. The highest BCUT2D eigenvalue weighted by atomic mass is 32.2. The number of amides is 2. The number of benzene rings is 2. The molecule has 1 aliphatic heterocycles. The van der Waals surface area contributed by atoms with Gasteiger partial charge in [-0.25, -0.2) is 8.42 Å². The number of fused-ring (bicyclic) bond motifs is 1. The second-order valence-electron chi connectivity index (χ2n) is 8.35. The largest absolute Gasteiger partial charge is 0.421 e. The molecule has 0 spiro atoms. The minimum atomic E-state index is -4.90. The van der Waals surface area contributed by atoms with Crippen LogP contribution in [0.5, 0.6) is 0 Å². The van der Waals surface area contributed by atoms with E-state index >= 15 is 0 Å². The monoisotopic (exact) mass is 509 g/mol. The summed E-state index contributed by atoms with van der Waals surface area (Å²) in [7, 11) is -3.54. The molecule has 35 heavy (non-hydrogen) atoms. The van der Waals surface area contributed by atoms with Gasteiger partial charge in [0.15, 0.2) is 15.4 Å². The fraction of sp³-hybridized carbons (Fsp3) is 0.348. The van der Waals surface area contributed by atoms with E-state index in [1.54, 1.807) is 0 Å². The molecule has 0 saturated heterocycles. The van der Waals surface area contributed by atoms with Crippen molar-refractivity contribution in [2.45, 2.75) is 49.0 Å². The van der Waals surface area contributed by atoms with Crippen molar-refractivity contribution in [1.82, 2.24) is 4.90 Å². The summed E-state index contributed by atoms with van der Waals surface area (Å²) in [5.41, 5.74) is -2.52. The van der Waals surface area contributed by atoms with E-state index in [2.05, 4.69) is 5.32 Å². The van der Waals surface area contributed by atoms with E-state index in [-0.39, 0.29) is 30.0 Å². The van der Waals surface area contributed by atoms with E-state index < -0.39 is 45.0 Å². The van der Waals surface area contributed by atoms with Crippen LogP contribution in [0.3, 0.4) is 0 Å². The van der Waals surface area contributed by atoms with Crippen molar-refractivity contribution in [1.29, 1.82) is 5.26 Å². The average molecular weight is 510 g/mol. The van der Waals surface area contributed by atoms with Gasteiger partial charge in [-0.05, 0) is 47.9 Å². The molecule has 2 aromatic carbocycles. The van der Waals surface area contributed by atoms with Gasteiger partial charge in [-0.3, -0.25) is 9.59 Å². The molecule has 2 aromatic rings. The molecule has 1 heterocycles. The highest BCUT2D eigenvalue weighted by Crippen LogP contribution is 2.39. The zero-order valence-corrected chi connectivity index (χ0v) is 19.6. The molecule has 0 radical (unpaired) electrons. The molecule has 0 saturated carbocycles. The number of carbonyl (C=O) groups is 2. The summed E-state index contributed by atoms with van der Waals surface area (Å²) in [6.45, 7) is 0.569. The van der Waals surface area contributed by atoms with E-state index in [1.807, 2.05) is 6.07 Å². The van der Waals surface area contributed by atoms with Crippen LogP contribution < -0.4 is 5.32 Å². The Labute approximate surface area is 199 Å². The molecule has 186 valence electrons. The maximum absolute atomic E-state index is 13.2. The van der Waals surface area contributed by atoms with Crippen LogP contribution in [0.1, 0.15) is 42.5 Å². The van der Waals surface area contributed by atoms with Crippen molar-refractivity contribution in [2.75, 3.05) is 11.6 Å². The van der Waals surface area contributed by atoms with Crippen LogP contribution in [0.25, 0.3) is 0 Å². The Morgan fingerprint density at radius 3 is 2.37 bits per heavy atom. The summed E-state index contributed by atoms with van der Waals surface area (Å²) in [5.74, 6) is -1.16. The first kappa shape index (κ1) is 26.2. The Hall–Kier alpha value is -3.43. The number of carbonyl (C=O) groups excluding carboxylic acids is 2. The van der Waals surface area contributed by atoms with Crippen LogP contribution >= 0.6 is 0 Å². The van der Waals surface area contributed by atoms with Gasteiger partial charge < -0.3 is 15.3 Å². The number of anilines is 1. The minimum Gasteiger partial charge on any atom is -0.376 e. The summed E-state index contributed by atoms with van der Waals surface area (Å²) >= 11 is 0. The second kappa shape index (κ2) is 9.31. The number of hydrogen-bond donors (Lipinski definition) is 2. The maximum atomic E-state index is 13.2. The van der Waals surface area contributed by atoms with Gasteiger partial charge in [-0.2, -0.15) is 18.4 Å². The van der Waals surface area contributed by atoms with Crippen molar-refractivity contribution < 1.29 is 36.3 Å². The molecule has 12 heteroatoms. The second-order valence-corrected chi connectivity index (χ2v) is 10.4. The number of nitrogens with one attached hydrogen (secondary N) is 1. The van der Waals surface area contributed by atoms with Crippen LogP contribution in [0.4, 0.5) is 18.9 Å². The van der Waals surface area contributed by atoms with Gasteiger partial charge in [0.25, 0.3) is 5.91 Å². The third-order valence-electron chi connectivity index (χ3n) is 5.78. The predicted octanol–water partition coefficient (Wildman–Crippen LogP) is 3.19. The predicted molar refractivity (Wildman–Crippen MR) is 118 cm³/mol. The molecule has 8 nitrogen and oxygen atoms in total. The van der Waals surface area contributed by atoms with Gasteiger partial charge in [0.1, 0.15) is 6.04 Å². The Kier molecular flexibility index (Phi) is 6.97. The van der Waals surface area contributed by atoms with Gasteiger partial charge in [0.05, 0.1) is 11.0 Å². The van der Waals surface area contributed by atoms with E-state index in [9.17, 15) is 36.3 Å². The van der Waals surface area contributed by atoms with Gasteiger partial charge >= 0.3 is 6.18 Å². The summed E-state index contributed by atoms with van der Waals surface area (Å²) < 4.78 is 63.1. The number of hydrogen-bond acceptors (Lipinski definition) is 6. The topological polar surface area (TPSA) is 128 Å². The van der Waals surface area contributed by atoms with Crippen molar-refractivity contribution in [3.8, 4) is 6.07 Å². The van der Waals surface area contributed by atoms with Gasteiger partial charge in [0, 0.05) is 31.3 Å². The summed E-state index contributed by atoms with van der Waals surface area (Å²) in [6.07, 6.45) is -4.09. The number of sulfone groups is 1. The van der Waals surface area contributed by atoms with E-state index in [0.29, 0.717) is 18.1 Å². The first-order valence-corrected chi connectivity index (χ1v) is 12.3. The lowest BCUT2D eigenvalue weighted by Crippen LogP contribution is -2.39. The number of aliphatic hydroxyl groups is 1. The summed E-state index contributed by atoms with van der Waals surface area (Å²) in [6, 6.07) is 9.31. The molecular formula is C23H22F3N3O5S. The van der Waals surface area contributed by atoms with E-state index in [4.69, 9.17) is 5.26 Å². The lowest BCUT2D eigenvalue weighted by Gasteiger charge is -2.27. The number of rotatable bonds is 6. The van der Waals surface area contributed by atoms with Crippen LogP contribution in [0.2, 0.25) is 0 Å². The van der Waals surface area contributed by atoms with Crippen molar-refractivity contribution in [3.05, 3.63) is 59.2 Å². The fourth-order valence-electron chi connectivity index (χ4n) is 3.73. The molecule has 2 amide bonds. The highest BCUT2D eigenvalue weighted by Gasteiger charge is 2.51. The quantitative estimate of drug-likeness (QED) is 0.616. The van der Waals surface area contributed by atoms with Crippen LogP contribution in [0.15, 0.2) is 47.4 Å². The number of nitrogens with zero attached hydrogens (tertiary/aromatic N) is 2. The molecule has 2 unspecified atom stereocenters. The first-order valence-electron chi connectivity index (χ1n) is 10.4. The van der Waals surface area contributed by atoms with Crippen LogP contribution in [0, 0.1) is 11.3 Å². The summed E-state index contributed by atoms with van der Waals surface area (Å²) in [4.78, 5) is 27.1. The zero-order valence-electron chi connectivity index (χ0n) is 18.8. The molecule has 0 fully saturated rings. The Morgan fingerprint density at radius 2 is 1.83 bits per heavy atom. The molecular weight excluding hydrogens is 487 g/mol. The number of halogens is 3. The Bertz CT molecular complexity index is 1300. The Balaban J connectivity index is 1.91. The van der Waals surface area contributed by atoms with Gasteiger partial charge in [-0.1, -0.05) is 18.2 Å². The average Bonchev–Trinajstić information content (AvgIpc) is 3.15. The third-order valence-corrected chi connectivity index (χ3v) is 6.89. The smallest absolute Gasteiger partial charge is 0.376 e. The molecule has 2 N–H and O–H groups in total. The fourth-order valence-corrected chi connectivity index (χ4v) is 4.40. The molecule has 0 aliphatic carbocycles. The SMILES string of the molecule is CC(O)(c1ccc(NC(=O)C2c3ccc(S(C)(=O)=O)cc3CN2C(=O)CCC#N)cc1)C(F)(F)F. The molecule has 0 bridgehead atoms. The molecule has 0 aromatic heterocycles. The van der Waals surface area contributed by atoms with Gasteiger partial charge in [-0.15, -0.1) is 0 Å². The van der Waals surface area contributed by atoms with E-state index in [0.717, 1.165) is 18.4 Å². The maximum Gasteiger partial charge on any atom is 0.421 e. The molecule has 2 atom stereocenters. The third kappa shape index (κ3) is 5.31. The van der Waals surface area contributed by atoms with Crippen LogP contribution in [-0.2, 0) is 31.6 Å². The van der Waals surface area contributed by atoms with E-state index in [1.165, 1.54) is 35.2 Å². The lowest BCUT2D eigenvalue weighted by molar-refractivity contribution is -0.258. The molecule has 1 aliphatic rings. The normalized spacial score (nSPS) is 17.3. The van der Waals surface area contributed by atoms with Crippen molar-refractivity contribution in [3.63, 3.8) is 0 Å². The standard InChI is InChI=1S/C23H22F3N3O5S/c1-22(32,23(24,25)26)15-5-7-16(8-6-15)28-21(31)20-18-10-9-17(35(2,33)34)12-14(18)13-29(20)19(30)4-3-11-27/h5-10,12,20,32H,3-4,13H2,1-2H3,(H,28,31). The molecule has 3 rings (SSSR count). The summed E-state index contributed by atoms with van der Waals surface area (Å²) in [5, 5.41) is 21.2. The Morgan fingerprint density at radius 1 is 1.20 bits per heavy atom. The number of nitriles is 1. The minimum absolute atomic E-state index is 0.0223. The van der Waals surface area contributed by atoms with Crippen molar-refractivity contribution in [2.24, 2.45) is 0 Å². The van der Waals surface area contributed by atoms with Crippen molar-refractivity contribution >= 4 is 27.3 Å².